The summed E-state index contributed by atoms with van der Waals surface area (Å²) in [7, 11) is 0. The molecular formula is C12H12N4O5S2. The fourth-order valence-corrected chi connectivity index (χ4v) is 3.61. The molecule has 0 bridgehead atoms. The number of likely N-dealkylation sites (tertiary alicyclic amines) is 1. The predicted molar refractivity (Wildman–Crippen MR) is 87.5 cm³/mol. The van der Waals surface area contributed by atoms with Crippen molar-refractivity contribution in [1.82, 2.24) is 4.90 Å². The number of nitrogens with zero attached hydrogens (tertiary/aromatic N) is 3. The van der Waals surface area contributed by atoms with Crippen LogP contribution in [0, 0.1) is 20.2 Å². The zero-order valence-corrected chi connectivity index (χ0v) is 13.4. The van der Waals surface area contributed by atoms with Gasteiger partial charge in [-0.2, -0.15) is 0 Å². The largest absolute Gasteiger partial charge is 0.366 e. The molecule has 9 nitrogen and oxygen atoms in total. The third-order valence-electron chi connectivity index (χ3n) is 3.28. The van der Waals surface area contributed by atoms with E-state index in [9.17, 15) is 25.0 Å². The molecule has 1 aromatic carbocycles. The van der Waals surface area contributed by atoms with Crippen molar-refractivity contribution in [1.29, 1.82) is 0 Å². The second kappa shape index (κ2) is 6.87. The molecule has 1 saturated heterocycles. The molecule has 122 valence electrons. The van der Waals surface area contributed by atoms with E-state index in [1.165, 1.54) is 0 Å². The van der Waals surface area contributed by atoms with E-state index >= 15 is 0 Å². The number of nitro groups is 2. The summed E-state index contributed by atoms with van der Waals surface area (Å²) < 4.78 is 0.377. The number of hydrogen-bond donors (Lipinski definition) is 1. The van der Waals surface area contributed by atoms with Crippen LogP contribution in [0.3, 0.4) is 0 Å². The summed E-state index contributed by atoms with van der Waals surface area (Å²) in [6.45, 7) is 1.47. The van der Waals surface area contributed by atoms with Crippen LogP contribution in [0.5, 0.6) is 0 Å². The third-order valence-corrected chi connectivity index (χ3v) is 4.85. The molecule has 0 radical (unpaired) electrons. The molecule has 1 heterocycles. The summed E-state index contributed by atoms with van der Waals surface area (Å²) in [5.41, 5.74) is 3.82. The zero-order valence-electron chi connectivity index (χ0n) is 11.8. The number of carbonyl (C=O) groups excluding carboxylic acids is 1. The van der Waals surface area contributed by atoms with E-state index in [0.29, 0.717) is 4.32 Å². The maximum atomic E-state index is 11.6. The molecule has 1 amide bonds. The fourth-order valence-electron chi connectivity index (χ4n) is 2.18. The van der Waals surface area contributed by atoms with Gasteiger partial charge in [-0.3, -0.25) is 25.0 Å². The first-order valence-electron chi connectivity index (χ1n) is 6.54. The van der Waals surface area contributed by atoms with Gasteiger partial charge in [-0.15, -0.1) is 0 Å². The highest BCUT2D eigenvalue weighted by Gasteiger charge is 2.29. The van der Waals surface area contributed by atoms with Crippen molar-refractivity contribution < 1.29 is 14.6 Å². The molecule has 0 aromatic heterocycles. The van der Waals surface area contributed by atoms with Crippen LogP contribution in [0.15, 0.2) is 17.0 Å². The number of carbonyl (C=O) groups is 1. The lowest BCUT2D eigenvalue weighted by Gasteiger charge is -2.18. The van der Waals surface area contributed by atoms with Crippen LogP contribution >= 0.6 is 24.0 Å². The molecule has 1 aromatic rings. The summed E-state index contributed by atoms with van der Waals surface area (Å²) in [6.07, 6.45) is 1.93. The molecule has 1 aliphatic rings. The van der Waals surface area contributed by atoms with E-state index in [-0.39, 0.29) is 10.5 Å². The van der Waals surface area contributed by atoms with Crippen LogP contribution in [-0.2, 0) is 0 Å². The third kappa shape index (κ3) is 3.74. The van der Waals surface area contributed by atoms with Gasteiger partial charge in [-0.1, -0.05) is 24.0 Å². The summed E-state index contributed by atoms with van der Waals surface area (Å²) in [4.78, 5) is 33.9. The number of thiocarbonyl (C=S) groups is 1. The highest BCUT2D eigenvalue weighted by Crippen LogP contribution is 2.38. The summed E-state index contributed by atoms with van der Waals surface area (Å²) in [5.74, 6) is -0.983. The lowest BCUT2D eigenvalue weighted by molar-refractivity contribution is -0.396. The molecule has 1 aliphatic heterocycles. The quantitative estimate of drug-likeness (QED) is 0.375. The van der Waals surface area contributed by atoms with Gasteiger partial charge in [0.25, 0.3) is 11.4 Å². The maximum Gasteiger partial charge on any atom is 0.291 e. The minimum Gasteiger partial charge on any atom is -0.366 e. The fraction of sp³-hybridized carbons (Fsp3) is 0.333. The van der Waals surface area contributed by atoms with Gasteiger partial charge in [0.2, 0.25) is 5.91 Å². The van der Waals surface area contributed by atoms with Gasteiger partial charge in [-0.05, 0) is 12.8 Å². The van der Waals surface area contributed by atoms with Crippen LogP contribution in [0.2, 0.25) is 0 Å². The van der Waals surface area contributed by atoms with E-state index < -0.39 is 27.1 Å². The average molecular weight is 356 g/mol. The van der Waals surface area contributed by atoms with Crippen LogP contribution in [0.4, 0.5) is 11.4 Å². The Morgan fingerprint density at radius 3 is 2.30 bits per heavy atom. The van der Waals surface area contributed by atoms with Crippen LogP contribution in [-0.4, -0.2) is 38.1 Å². The van der Waals surface area contributed by atoms with Gasteiger partial charge in [0, 0.05) is 19.2 Å². The van der Waals surface area contributed by atoms with Crippen molar-refractivity contribution in [2.45, 2.75) is 17.7 Å². The Bertz CT molecular complexity index is 668. The van der Waals surface area contributed by atoms with E-state index in [4.69, 9.17) is 18.0 Å². The van der Waals surface area contributed by atoms with Crippen molar-refractivity contribution in [3.63, 3.8) is 0 Å². The molecule has 2 N–H and O–H groups in total. The maximum absolute atomic E-state index is 11.6. The molecule has 0 aliphatic carbocycles. The molecule has 0 spiro atoms. The second-order valence-electron chi connectivity index (χ2n) is 4.78. The summed E-state index contributed by atoms with van der Waals surface area (Å²) >= 11 is 6.12. The number of nitrogens with two attached hydrogens (primary N) is 1. The van der Waals surface area contributed by atoms with Crippen molar-refractivity contribution in [2.24, 2.45) is 5.73 Å². The molecule has 0 atom stereocenters. The summed E-state index contributed by atoms with van der Waals surface area (Å²) in [5, 5.41) is 22.1. The highest BCUT2D eigenvalue weighted by molar-refractivity contribution is 8.23. The summed E-state index contributed by atoms with van der Waals surface area (Å²) in [6, 6.07) is 1.74. The predicted octanol–water partition coefficient (Wildman–Crippen LogP) is 2.07. The van der Waals surface area contributed by atoms with Gasteiger partial charge in [0.15, 0.2) is 0 Å². The van der Waals surface area contributed by atoms with Gasteiger partial charge in [0.05, 0.1) is 21.5 Å². The van der Waals surface area contributed by atoms with Crippen LogP contribution in [0.1, 0.15) is 23.2 Å². The first-order valence-corrected chi connectivity index (χ1v) is 7.77. The number of amides is 1. The molecule has 11 heteroatoms. The number of non-ortho nitro benzene ring substituents is 1. The van der Waals surface area contributed by atoms with E-state index in [0.717, 1.165) is 49.8 Å². The van der Waals surface area contributed by atoms with Crippen molar-refractivity contribution >= 4 is 45.6 Å². The number of rotatable bonds is 4. The average Bonchev–Trinajstić information content (AvgIpc) is 3.00. The second-order valence-corrected chi connectivity index (χ2v) is 6.43. The van der Waals surface area contributed by atoms with Crippen molar-refractivity contribution in [3.8, 4) is 0 Å². The minimum absolute atomic E-state index is 0.0648. The Kier molecular flexibility index (Phi) is 5.11. The molecular weight excluding hydrogens is 344 g/mol. The Morgan fingerprint density at radius 1 is 1.22 bits per heavy atom. The minimum atomic E-state index is -0.983. The Hall–Kier alpha value is -2.27. The monoisotopic (exact) mass is 356 g/mol. The SMILES string of the molecule is NC(=O)c1cc([N+](=O)[O-])cc([N+](=O)[O-])c1SC(=S)N1CCCC1. The van der Waals surface area contributed by atoms with Crippen molar-refractivity contribution in [3.05, 3.63) is 37.9 Å². The van der Waals surface area contributed by atoms with Gasteiger partial charge in [0.1, 0.15) is 9.22 Å². The highest BCUT2D eigenvalue weighted by atomic mass is 32.2. The van der Waals surface area contributed by atoms with E-state index in [2.05, 4.69) is 0 Å². The molecule has 2 rings (SSSR count). The van der Waals surface area contributed by atoms with Crippen molar-refractivity contribution in [2.75, 3.05) is 13.1 Å². The first kappa shape index (κ1) is 17.1. The molecule has 0 saturated carbocycles. The Balaban J connectivity index is 2.50. The van der Waals surface area contributed by atoms with E-state index in [1.807, 2.05) is 4.90 Å². The zero-order chi connectivity index (χ0) is 17.1. The normalized spacial score (nSPS) is 13.8. The van der Waals surface area contributed by atoms with E-state index in [1.54, 1.807) is 0 Å². The smallest absolute Gasteiger partial charge is 0.291 e. The lowest BCUT2D eigenvalue weighted by Crippen LogP contribution is -2.24. The standard InChI is InChI=1S/C12H12N4O5S2/c13-11(17)8-5-7(15(18)19)6-9(16(20)21)10(8)23-12(22)14-3-1-2-4-14/h5-6H,1-4H2,(H2,13,17). The number of primary amides is 1. The topological polar surface area (TPSA) is 133 Å². The van der Waals surface area contributed by atoms with Gasteiger partial charge < -0.3 is 10.6 Å². The Morgan fingerprint density at radius 2 is 1.83 bits per heavy atom. The molecule has 23 heavy (non-hydrogen) atoms. The first-order chi connectivity index (χ1) is 10.8. The number of hydrogen-bond acceptors (Lipinski definition) is 7. The van der Waals surface area contributed by atoms with Crippen LogP contribution in [0.25, 0.3) is 0 Å². The number of benzene rings is 1. The lowest BCUT2D eigenvalue weighted by atomic mass is 10.1. The van der Waals surface area contributed by atoms with Crippen LogP contribution < -0.4 is 5.73 Å². The Labute approximate surface area is 140 Å². The number of thioether (sulfide) groups is 1. The van der Waals surface area contributed by atoms with Gasteiger partial charge in [-0.25, -0.2) is 0 Å². The van der Waals surface area contributed by atoms with Gasteiger partial charge >= 0.3 is 0 Å². The molecule has 0 unspecified atom stereocenters. The molecule has 1 fully saturated rings. The number of nitro benzene ring substituents is 2.